The molecule has 1 aromatic rings. The highest BCUT2D eigenvalue weighted by atomic mass is 35.5. The molecule has 0 aliphatic heterocycles. The maximum Gasteiger partial charge on any atom is 0.224 e. The topological polar surface area (TPSA) is 38.3 Å². The van der Waals surface area contributed by atoms with Crippen molar-refractivity contribution >= 4 is 23.2 Å². The molecule has 0 radical (unpaired) electrons. The van der Waals surface area contributed by atoms with E-state index < -0.39 is 0 Å². The summed E-state index contributed by atoms with van der Waals surface area (Å²) >= 11 is 6.02. The van der Waals surface area contributed by atoms with Gasteiger partial charge in [0.2, 0.25) is 5.91 Å². The molecule has 120 valence electrons. The van der Waals surface area contributed by atoms with Crippen molar-refractivity contribution in [2.45, 2.75) is 51.9 Å². The summed E-state index contributed by atoms with van der Waals surface area (Å²) in [5, 5.41) is 3.35. The Labute approximate surface area is 138 Å². The number of amides is 1. The van der Waals surface area contributed by atoms with E-state index >= 15 is 0 Å². The molecule has 3 nitrogen and oxygen atoms in total. The van der Waals surface area contributed by atoms with Crippen molar-refractivity contribution in [3.63, 3.8) is 0 Å². The van der Waals surface area contributed by atoms with Crippen LogP contribution in [0.3, 0.4) is 0 Å². The molecule has 0 aliphatic carbocycles. The Balaban J connectivity index is 2.18. The van der Waals surface area contributed by atoms with Gasteiger partial charge in [-0.15, -0.1) is 11.8 Å². The number of hydrogen-bond acceptors (Lipinski definition) is 2. The van der Waals surface area contributed by atoms with Gasteiger partial charge in [-0.2, -0.15) is 0 Å². The van der Waals surface area contributed by atoms with Crippen molar-refractivity contribution in [1.82, 2.24) is 0 Å². The van der Waals surface area contributed by atoms with E-state index in [0.29, 0.717) is 22.9 Å². The molecule has 0 bridgehead atoms. The van der Waals surface area contributed by atoms with Gasteiger partial charge < -0.3 is 10.1 Å². The van der Waals surface area contributed by atoms with E-state index in [1.807, 2.05) is 6.92 Å². The average Bonchev–Trinajstić information content (AvgIpc) is 2.50. The van der Waals surface area contributed by atoms with Gasteiger partial charge in [-0.1, -0.05) is 30.9 Å². The van der Waals surface area contributed by atoms with E-state index in [1.165, 1.54) is 6.42 Å². The second kappa shape index (κ2) is 11.0. The Morgan fingerprint density at radius 1 is 1.23 bits per heavy atom. The number of carbonyl (C=O) groups excluding carboxylic acids is 1. The number of hydrogen-bond donors (Lipinski definition) is 1. The van der Waals surface area contributed by atoms with E-state index in [1.54, 1.807) is 25.3 Å². The van der Waals surface area contributed by atoms with E-state index in [2.05, 4.69) is 17.2 Å². The number of anilines is 1. The van der Waals surface area contributed by atoms with Crippen LogP contribution in [0.1, 0.15) is 51.9 Å². The zero-order chi connectivity index (χ0) is 16.2. The molecule has 0 spiro atoms. The summed E-state index contributed by atoms with van der Waals surface area (Å²) in [6, 6.07) is 5.24. The third kappa shape index (κ3) is 7.38. The number of benzene rings is 1. The van der Waals surface area contributed by atoms with Gasteiger partial charge >= 0.3 is 0 Å². The van der Waals surface area contributed by atoms with Crippen molar-refractivity contribution in [3.8, 4) is 17.6 Å². The van der Waals surface area contributed by atoms with Crippen LogP contribution in [-0.2, 0) is 4.79 Å². The van der Waals surface area contributed by atoms with Gasteiger partial charge in [0.1, 0.15) is 5.75 Å². The van der Waals surface area contributed by atoms with Gasteiger partial charge in [-0.25, -0.2) is 0 Å². The highest BCUT2D eigenvalue weighted by molar-refractivity contribution is 6.32. The minimum atomic E-state index is 0.0260. The first-order valence-corrected chi connectivity index (χ1v) is 8.08. The van der Waals surface area contributed by atoms with Crippen LogP contribution >= 0.6 is 11.6 Å². The molecule has 1 amide bonds. The Kier molecular flexibility index (Phi) is 9.18. The van der Waals surface area contributed by atoms with Crippen LogP contribution in [0, 0.1) is 11.8 Å². The molecule has 4 heteroatoms. The number of ether oxygens (including phenoxy) is 1. The van der Waals surface area contributed by atoms with Crippen LogP contribution in [-0.4, -0.2) is 13.0 Å². The molecule has 0 unspecified atom stereocenters. The zero-order valence-electron chi connectivity index (χ0n) is 13.4. The molecular weight excluding hydrogens is 298 g/mol. The van der Waals surface area contributed by atoms with Crippen molar-refractivity contribution in [2.24, 2.45) is 0 Å². The highest BCUT2D eigenvalue weighted by Gasteiger charge is 2.05. The molecule has 22 heavy (non-hydrogen) atoms. The SMILES string of the molecule is CC#CCCCCCCCC(=O)Nc1ccc(OC)c(Cl)c1. The fraction of sp³-hybridized carbons (Fsp3) is 0.500. The first-order chi connectivity index (χ1) is 10.7. The number of rotatable bonds is 9. The Morgan fingerprint density at radius 3 is 2.64 bits per heavy atom. The lowest BCUT2D eigenvalue weighted by atomic mass is 10.1. The Hall–Kier alpha value is -1.66. The summed E-state index contributed by atoms with van der Waals surface area (Å²) in [6.07, 6.45) is 7.01. The third-order valence-corrected chi connectivity index (χ3v) is 3.61. The smallest absolute Gasteiger partial charge is 0.224 e. The van der Waals surface area contributed by atoms with Crippen molar-refractivity contribution in [3.05, 3.63) is 23.2 Å². The molecular formula is C18H24ClNO2. The molecule has 0 saturated heterocycles. The monoisotopic (exact) mass is 321 g/mol. The van der Waals surface area contributed by atoms with Gasteiger partial charge in [-0.3, -0.25) is 4.79 Å². The van der Waals surface area contributed by atoms with E-state index in [-0.39, 0.29) is 5.91 Å². The minimum absolute atomic E-state index is 0.0260. The quantitative estimate of drug-likeness (QED) is 0.511. The fourth-order valence-electron chi connectivity index (χ4n) is 2.12. The molecule has 0 aromatic heterocycles. The summed E-state index contributed by atoms with van der Waals surface area (Å²) in [5.41, 5.74) is 0.703. The van der Waals surface area contributed by atoms with Gasteiger partial charge in [0.15, 0.2) is 0 Å². The largest absolute Gasteiger partial charge is 0.495 e. The molecule has 1 rings (SSSR count). The molecule has 0 heterocycles. The summed E-state index contributed by atoms with van der Waals surface area (Å²) in [5.74, 6) is 6.59. The van der Waals surface area contributed by atoms with Gasteiger partial charge in [0.25, 0.3) is 0 Å². The third-order valence-electron chi connectivity index (χ3n) is 3.32. The molecule has 0 fully saturated rings. The van der Waals surface area contributed by atoms with Crippen molar-refractivity contribution in [2.75, 3.05) is 12.4 Å². The summed E-state index contributed by atoms with van der Waals surface area (Å²) in [7, 11) is 1.56. The van der Waals surface area contributed by atoms with Crippen LogP contribution in [0.2, 0.25) is 5.02 Å². The summed E-state index contributed by atoms with van der Waals surface area (Å²) in [6.45, 7) is 1.87. The van der Waals surface area contributed by atoms with E-state index in [9.17, 15) is 4.79 Å². The lowest BCUT2D eigenvalue weighted by Gasteiger charge is -2.08. The first-order valence-electron chi connectivity index (χ1n) is 7.70. The standard InChI is InChI=1S/C18H24ClNO2/c1-3-4-5-6-7-8-9-10-11-18(21)20-15-12-13-17(22-2)16(19)14-15/h12-14H,5-11H2,1-2H3,(H,20,21). The lowest BCUT2D eigenvalue weighted by molar-refractivity contribution is -0.116. The fourth-order valence-corrected chi connectivity index (χ4v) is 2.38. The minimum Gasteiger partial charge on any atom is -0.495 e. The van der Waals surface area contributed by atoms with Crippen molar-refractivity contribution in [1.29, 1.82) is 0 Å². The Bertz CT molecular complexity index is 532. The van der Waals surface area contributed by atoms with E-state index in [4.69, 9.17) is 16.3 Å². The number of unbranched alkanes of at least 4 members (excludes halogenated alkanes) is 5. The molecule has 1 aromatic carbocycles. The Morgan fingerprint density at radius 2 is 1.95 bits per heavy atom. The van der Waals surface area contributed by atoms with Crippen LogP contribution in [0.4, 0.5) is 5.69 Å². The van der Waals surface area contributed by atoms with Gasteiger partial charge in [0.05, 0.1) is 12.1 Å². The van der Waals surface area contributed by atoms with Crippen LogP contribution in [0.15, 0.2) is 18.2 Å². The maximum absolute atomic E-state index is 11.8. The van der Waals surface area contributed by atoms with E-state index in [0.717, 1.165) is 32.1 Å². The second-order valence-electron chi connectivity index (χ2n) is 5.09. The number of methoxy groups -OCH3 is 1. The molecule has 0 atom stereocenters. The van der Waals surface area contributed by atoms with Gasteiger partial charge in [0, 0.05) is 18.5 Å². The number of carbonyl (C=O) groups is 1. The molecule has 0 aliphatic rings. The predicted octanol–water partition coefficient (Wildman–Crippen LogP) is 5.04. The number of nitrogens with one attached hydrogen (secondary N) is 1. The van der Waals surface area contributed by atoms with Crippen LogP contribution in [0.5, 0.6) is 5.75 Å². The predicted molar refractivity (Wildman–Crippen MR) is 92.4 cm³/mol. The van der Waals surface area contributed by atoms with Crippen LogP contribution in [0.25, 0.3) is 0 Å². The summed E-state index contributed by atoms with van der Waals surface area (Å²) in [4.78, 5) is 11.8. The zero-order valence-corrected chi connectivity index (χ0v) is 14.1. The maximum atomic E-state index is 11.8. The molecule has 1 N–H and O–H groups in total. The summed E-state index contributed by atoms with van der Waals surface area (Å²) < 4.78 is 5.08. The normalized spacial score (nSPS) is 9.77. The van der Waals surface area contributed by atoms with Crippen LogP contribution < -0.4 is 10.1 Å². The van der Waals surface area contributed by atoms with Gasteiger partial charge in [-0.05, 0) is 38.0 Å². The second-order valence-corrected chi connectivity index (χ2v) is 5.50. The average molecular weight is 322 g/mol. The molecule has 0 saturated carbocycles. The number of halogens is 1. The lowest BCUT2D eigenvalue weighted by Crippen LogP contribution is -2.11. The van der Waals surface area contributed by atoms with Crippen molar-refractivity contribution < 1.29 is 9.53 Å². The first kappa shape index (κ1) is 18.4. The highest BCUT2D eigenvalue weighted by Crippen LogP contribution is 2.27.